The first-order valence-electron chi connectivity index (χ1n) is 4.67. The summed E-state index contributed by atoms with van der Waals surface area (Å²) in [5.74, 6) is 0.160. The van der Waals surface area contributed by atoms with E-state index in [4.69, 9.17) is 17.3 Å². The smallest absolute Gasteiger partial charge is 0.257 e. The molecular formula is C10H8ClN5O. The molecule has 0 aliphatic rings. The topological polar surface area (TPSA) is 93.8 Å². The van der Waals surface area contributed by atoms with Crippen LogP contribution in [0.1, 0.15) is 10.4 Å². The lowest BCUT2D eigenvalue weighted by Gasteiger charge is -2.04. The van der Waals surface area contributed by atoms with Crippen LogP contribution in [0.25, 0.3) is 0 Å². The lowest BCUT2D eigenvalue weighted by atomic mass is 10.2. The van der Waals surface area contributed by atoms with Crippen LogP contribution in [-0.4, -0.2) is 21.1 Å². The molecule has 17 heavy (non-hydrogen) atoms. The number of pyridine rings is 1. The summed E-state index contributed by atoms with van der Waals surface area (Å²) >= 11 is 5.70. The molecule has 0 fully saturated rings. The van der Waals surface area contributed by atoms with E-state index in [0.29, 0.717) is 11.4 Å². The molecule has 0 saturated carbocycles. The molecule has 0 aromatic carbocycles. The highest BCUT2D eigenvalue weighted by Gasteiger charge is 2.09. The van der Waals surface area contributed by atoms with Crippen molar-refractivity contribution >= 4 is 29.1 Å². The molecule has 86 valence electrons. The van der Waals surface area contributed by atoms with E-state index in [1.807, 2.05) is 0 Å². The Morgan fingerprint density at radius 2 is 2.24 bits per heavy atom. The van der Waals surface area contributed by atoms with E-state index in [2.05, 4.69) is 20.5 Å². The van der Waals surface area contributed by atoms with Gasteiger partial charge in [0, 0.05) is 11.8 Å². The van der Waals surface area contributed by atoms with Crippen molar-refractivity contribution in [2.75, 3.05) is 11.1 Å². The van der Waals surface area contributed by atoms with Gasteiger partial charge >= 0.3 is 0 Å². The van der Waals surface area contributed by atoms with Crippen LogP contribution < -0.4 is 11.1 Å². The molecule has 3 N–H and O–H groups in total. The minimum absolute atomic E-state index is 0.161. The molecule has 0 aliphatic carbocycles. The van der Waals surface area contributed by atoms with Crippen molar-refractivity contribution in [3.63, 3.8) is 0 Å². The van der Waals surface area contributed by atoms with Gasteiger partial charge in [-0.05, 0) is 24.3 Å². The number of hydrogen-bond donors (Lipinski definition) is 2. The van der Waals surface area contributed by atoms with Gasteiger partial charge in [0.1, 0.15) is 11.0 Å². The number of amides is 1. The van der Waals surface area contributed by atoms with Crippen molar-refractivity contribution in [1.82, 2.24) is 15.2 Å². The molecule has 2 aromatic heterocycles. The number of nitrogens with two attached hydrogens (primary N) is 1. The molecule has 0 saturated heterocycles. The summed E-state index contributed by atoms with van der Waals surface area (Å²) in [5, 5.41) is 10.1. The summed E-state index contributed by atoms with van der Waals surface area (Å²) in [6, 6.07) is 6.13. The third-order valence-electron chi connectivity index (χ3n) is 1.89. The first-order valence-corrected chi connectivity index (χ1v) is 5.05. The number of aromatic nitrogens is 3. The Balaban J connectivity index is 2.20. The summed E-state index contributed by atoms with van der Waals surface area (Å²) in [5.41, 5.74) is 5.80. The first kappa shape index (κ1) is 11.3. The van der Waals surface area contributed by atoms with Crippen molar-refractivity contribution in [3.05, 3.63) is 41.2 Å². The van der Waals surface area contributed by atoms with Crippen molar-refractivity contribution in [1.29, 1.82) is 0 Å². The second-order valence-electron chi connectivity index (χ2n) is 3.17. The summed E-state index contributed by atoms with van der Waals surface area (Å²) in [6.07, 6.45) is 1.51. The van der Waals surface area contributed by atoms with Crippen molar-refractivity contribution in [2.24, 2.45) is 0 Å². The van der Waals surface area contributed by atoms with Crippen molar-refractivity contribution < 1.29 is 4.79 Å². The Morgan fingerprint density at radius 3 is 2.88 bits per heavy atom. The van der Waals surface area contributed by atoms with Crippen LogP contribution >= 0.6 is 11.6 Å². The largest absolute Gasteiger partial charge is 0.384 e. The molecule has 0 unspecified atom stereocenters. The molecule has 7 heteroatoms. The van der Waals surface area contributed by atoms with Crippen molar-refractivity contribution in [3.8, 4) is 0 Å². The van der Waals surface area contributed by atoms with E-state index in [1.54, 1.807) is 12.1 Å². The number of halogens is 1. The molecule has 1 amide bonds. The predicted molar refractivity (Wildman–Crippen MR) is 63.6 cm³/mol. The van der Waals surface area contributed by atoms with Crippen molar-refractivity contribution in [2.45, 2.75) is 0 Å². The van der Waals surface area contributed by atoms with E-state index in [1.165, 1.54) is 18.3 Å². The van der Waals surface area contributed by atoms with Gasteiger partial charge in [0.25, 0.3) is 5.91 Å². The van der Waals surface area contributed by atoms with Crippen LogP contribution in [0, 0.1) is 0 Å². The number of hydrogen-bond acceptors (Lipinski definition) is 5. The first-order chi connectivity index (χ1) is 8.15. The maximum Gasteiger partial charge on any atom is 0.257 e. The molecule has 0 atom stereocenters. The zero-order valence-electron chi connectivity index (χ0n) is 8.59. The molecule has 0 aliphatic heterocycles. The number of anilines is 2. The zero-order valence-corrected chi connectivity index (χ0v) is 9.35. The highest BCUT2D eigenvalue weighted by molar-refractivity contribution is 6.30. The van der Waals surface area contributed by atoms with Crippen LogP contribution in [0.15, 0.2) is 30.5 Å². The minimum Gasteiger partial charge on any atom is -0.384 e. The number of nitrogens with one attached hydrogen (secondary N) is 1. The maximum absolute atomic E-state index is 11.8. The van der Waals surface area contributed by atoms with Gasteiger partial charge in [0.05, 0.1) is 0 Å². The number of carbonyl (C=O) groups excluding carboxylic acids is 1. The van der Waals surface area contributed by atoms with Crippen LogP contribution in [0.3, 0.4) is 0 Å². The van der Waals surface area contributed by atoms with Crippen LogP contribution in [0.4, 0.5) is 11.6 Å². The lowest BCUT2D eigenvalue weighted by Crippen LogP contribution is -2.13. The van der Waals surface area contributed by atoms with E-state index in [9.17, 15) is 4.79 Å². The van der Waals surface area contributed by atoms with E-state index >= 15 is 0 Å². The third-order valence-corrected chi connectivity index (χ3v) is 2.08. The Hall–Kier alpha value is -2.21. The van der Waals surface area contributed by atoms with E-state index in [0.717, 1.165) is 0 Å². The van der Waals surface area contributed by atoms with Gasteiger partial charge in [0.2, 0.25) is 0 Å². The van der Waals surface area contributed by atoms with E-state index in [-0.39, 0.29) is 16.9 Å². The number of carbonyl (C=O) groups is 1. The number of nitrogens with zero attached hydrogens (tertiary/aromatic N) is 3. The van der Waals surface area contributed by atoms with Gasteiger partial charge in [-0.1, -0.05) is 11.6 Å². The Bertz CT molecular complexity index is 525. The summed E-state index contributed by atoms with van der Waals surface area (Å²) in [7, 11) is 0. The third kappa shape index (κ3) is 2.88. The zero-order chi connectivity index (χ0) is 12.3. The summed E-state index contributed by atoms with van der Waals surface area (Å²) in [4.78, 5) is 15.6. The SMILES string of the molecule is Nc1cc(C(=O)Nc2cccnn2)cc(Cl)n1. The maximum atomic E-state index is 11.8. The average Bonchev–Trinajstić information content (AvgIpc) is 2.29. The minimum atomic E-state index is -0.374. The Morgan fingerprint density at radius 1 is 1.41 bits per heavy atom. The standard InChI is InChI=1S/C10H8ClN5O/c11-7-4-6(5-8(12)14-7)10(17)15-9-2-1-3-13-16-9/h1-5H,(H2,12,14)(H,15,16,17). The van der Waals surface area contributed by atoms with Crippen LogP contribution in [0.5, 0.6) is 0 Å². The predicted octanol–water partition coefficient (Wildman–Crippen LogP) is 1.36. The van der Waals surface area contributed by atoms with E-state index < -0.39 is 0 Å². The van der Waals surface area contributed by atoms with Crippen LogP contribution in [-0.2, 0) is 0 Å². The monoisotopic (exact) mass is 249 g/mol. The fourth-order valence-electron chi connectivity index (χ4n) is 1.20. The average molecular weight is 250 g/mol. The Labute approximate surface area is 102 Å². The van der Waals surface area contributed by atoms with Crippen LogP contribution in [0.2, 0.25) is 5.15 Å². The number of rotatable bonds is 2. The second-order valence-corrected chi connectivity index (χ2v) is 3.55. The fourth-order valence-corrected chi connectivity index (χ4v) is 1.42. The number of nitrogen functional groups attached to an aromatic ring is 1. The highest BCUT2D eigenvalue weighted by Crippen LogP contribution is 2.13. The summed E-state index contributed by atoms with van der Waals surface area (Å²) < 4.78 is 0. The quantitative estimate of drug-likeness (QED) is 0.784. The normalized spacial score (nSPS) is 9.94. The fraction of sp³-hybridized carbons (Fsp3) is 0. The molecule has 0 spiro atoms. The molecule has 2 heterocycles. The molecule has 0 radical (unpaired) electrons. The van der Waals surface area contributed by atoms with Gasteiger partial charge < -0.3 is 11.1 Å². The van der Waals surface area contributed by atoms with Gasteiger partial charge in [-0.15, -0.1) is 5.10 Å². The summed E-state index contributed by atoms with van der Waals surface area (Å²) in [6.45, 7) is 0. The highest BCUT2D eigenvalue weighted by atomic mass is 35.5. The molecule has 0 bridgehead atoms. The molecule has 2 aromatic rings. The Kier molecular flexibility index (Phi) is 3.15. The van der Waals surface area contributed by atoms with Gasteiger partial charge in [-0.25, -0.2) is 4.98 Å². The lowest BCUT2D eigenvalue weighted by molar-refractivity contribution is 0.102. The van der Waals surface area contributed by atoms with Gasteiger partial charge in [-0.2, -0.15) is 5.10 Å². The van der Waals surface area contributed by atoms with Gasteiger partial charge in [-0.3, -0.25) is 4.79 Å². The molecule has 6 nitrogen and oxygen atoms in total. The molecule has 2 rings (SSSR count). The van der Waals surface area contributed by atoms with Gasteiger partial charge in [0.15, 0.2) is 5.82 Å². The molecular weight excluding hydrogens is 242 g/mol. The second kappa shape index (κ2) is 4.75.